The predicted octanol–water partition coefficient (Wildman–Crippen LogP) is 2.09. The largest absolute Gasteiger partial charge is 0.390 e. The summed E-state index contributed by atoms with van der Waals surface area (Å²) in [6.07, 6.45) is 0.688. The number of amides is 2. The van der Waals surface area contributed by atoms with Gasteiger partial charge in [-0.25, -0.2) is 9.36 Å². The molecule has 9 nitrogen and oxygen atoms in total. The normalized spacial score (nSPS) is 19.0. The molecule has 10 heteroatoms. The molecule has 2 unspecified atom stereocenters. The smallest absolute Gasteiger partial charge is 0.380 e. The van der Waals surface area contributed by atoms with Crippen LogP contribution in [0.3, 0.4) is 0 Å². The zero-order valence-electron chi connectivity index (χ0n) is 19.0. The molecule has 4 N–H and O–H groups in total. The molecule has 1 aliphatic rings. The van der Waals surface area contributed by atoms with Crippen molar-refractivity contribution in [1.82, 2.24) is 10.2 Å². The number of carbonyl (C=O) groups is 3. The average molecular weight is 487 g/mol. The summed E-state index contributed by atoms with van der Waals surface area (Å²) in [5.41, 5.74) is 6.90. The van der Waals surface area contributed by atoms with Crippen LogP contribution in [0.2, 0.25) is 0 Å². The van der Waals surface area contributed by atoms with Gasteiger partial charge in [-0.2, -0.15) is 0 Å². The van der Waals surface area contributed by atoms with Crippen molar-refractivity contribution in [3.05, 3.63) is 71.8 Å². The van der Waals surface area contributed by atoms with E-state index in [-0.39, 0.29) is 6.42 Å². The van der Waals surface area contributed by atoms with Gasteiger partial charge >= 0.3 is 13.6 Å². The molecule has 0 aliphatic carbocycles. The van der Waals surface area contributed by atoms with E-state index in [0.29, 0.717) is 24.9 Å². The SMILES string of the molecule is C[C@H](N)C(=O)N1CCC[C@H]1C(=O)OP(=O)(O)CC(Cc1ccccc1)NC(=O)c1ccccc1. The minimum Gasteiger partial charge on any atom is -0.390 e. The Bertz CT molecular complexity index is 1050. The van der Waals surface area contributed by atoms with Gasteiger partial charge in [0.2, 0.25) is 5.91 Å². The number of nitrogens with zero attached hydrogens (tertiary/aromatic N) is 1. The van der Waals surface area contributed by atoms with E-state index in [2.05, 4.69) is 5.32 Å². The molecule has 0 aromatic heterocycles. The second-order valence-electron chi connectivity index (χ2n) is 8.43. The highest BCUT2D eigenvalue weighted by Gasteiger charge is 2.40. The monoisotopic (exact) mass is 487 g/mol. The van der Waals surface area contributed by atoms with Gasteiger partial charge in [-0.05, 0) is 43.9 Å². The van der Waals surface area contributed by atoms with Crippen LogP contribution in [0.25, 0.3) is 0 Å². The number of rotatable bonds is 9. The zero-order valence-corrected chi connectivity index (χ0v) is 19.9. The van der Waals surface area contributed by atoms with E-state index in [4.69, 9.17) is 10.3 Å². The summed E-state index contributed by atoms with van der Waals surface area (Å²) in [7, 11) is -4.46. The minimum absolute atomic E-state index is 0.264. The van der Waals surface area contributed by atoms with Crippen LogP contribution in [0.5, 0.6) is 0 Å². The molecular weight excluding hydrogens is 457 g/mol. The van der Waals surface area contributed by atoms with Crippen molar-refractivity contribution in [2.45, 2.75) is 44.3 Å². The van der Waals surface area contributed by atoms with Crippen molar-refractivity contribution in [3.8, 4) is 0 Å². The highest BCUT2D eigenvalue weighted by Crippen LogP contribution is 2.44. The van der Waals surface area contributed by atoms with Crippen molar-refractivity contribution >= 4 is 25.4 Å². The van der Waals surface area contributed by atoms with Crippen LogP contribution in [-0.4, -0.2) is 58.4 Å². The summed E-state index contributed by atoms with van der Waals surface area (Å²) >= 11 is 0. The fourth-order valence-electron chi connectivity index (χ4n) is 3.97. The minimum atomic E-state index is -4.46. The van der Waals surface area contributed by atoms with E-state index in [1.54, 1.807) is 30.3 Å². The van der Waals surface area contributed by atoms with Crippen molar-refractivity contribution in [1.29, 1.82) is 0 Å². The van der Waals surface area contributed by atoms with Gasteiger partial charge in [0.05, 0.1) is 12.2 Å². The molecule has 2 aromatic rings. The van der Waals surface area contributed by atoms with Gasteiger partial charge in [0.25, 0.3) is 5.91 Å². The Morgan fingerprint density at radius 3 is 2.38 bits per heavy atom. The van der Waals surface area contributed by atoms with Crippen LogP contribution in [0, 0.1) is 0 Å². The zero-order chi connectivity index (χ0) is 24.7. The van der Waals surface area contributed by atoms with E-state index >= 15 is 0 Å². The molecule has 2 amide bonds. The highest BCUT2D eigenvalue weighted by molar-refractivity contribution is 7.53. The van der Waals surface area contributed by atoms with Crippen molar-refractivity contribution < 1.29 is 28.4 Å². The molecule has 3 rings (SSSR count). The van der Waals surface area contributed by atoms with Crippen LogP contribution in [0.15, 0.2) is 60.7 Å². The van der Waals surface area contributed by atoms with Gasteiger partial charge in [0.1, 0.15) is 6.04 Å². The number of hydrogen-bond donors (Lipinski definition) is 3. The Morgan fingerprint density at radius 1 is 1.15 bits per heavy atom. The van der Waals surface area contributed by atoms with E-state index in [1.807, 2.05) is 30.3 Å². The molecule has 0 saturated carbocycles. The quantitative estimate of drug-likeness (QED) is 0.460. The van der Waals surface area contributed by atoms with E-state index in [1.165, 1.54) is 11.8 Å². The third-order valence-electron chi connectivity index (χ3n) is 5.58. The van der Waals surface area contributed by atoms with Gasteiger partial charge in [-0.15, -0.1) is 0 Å². The second kappa shape index (κ2) is 11.4. The predicted molar refractivity (Wildman–Crippen MR) is 127 cm³/mol. The first-order valence-electron chi connectivity index (χ1n) is 11.2. The molecule has 182 valence electrons. The van der Waals surface area contributed by atoms with Crippen molar-refractivity contribution in [2.75, 3.05) is 12.7 Å². The fourth-order valence-corrected chi connectivity index (χ4v) is 5.23. The lowest BCUT2D eigenvalue weighted by atomic mass is 10.1. The van der Waals surface area contributed by atoms with Crippen LogP contribution >= 0.6 is 7.60 Å². The number of carbonyl (C=O) groups excluding carboxylic acids is 3. The molecule has 1 saturated heterocycles. The van der Waals surface area contributed by atoms with E-state index in [9.17, 15) is 23.8 Å². The first-order chi connectivity index (χ1) is 16.2. The lowest BCUT2D eigenvalue weighted by Gasteiger charge is -2.26. The van der Waals surface area contributed by atoms with Gasteiger partial charge in [0, 0.05) is 18.2 Å². The van der Waals surface area contributed by atoms with Gasteiger partial charge < -0.3 is 25.4 Å². The second-order valence-corrected chi connectivity index (χ2v) is 10.3. The average Bonchev–Trinajstić information content (AvgIpc) is 3.29. The number of benzene rings is 2. The standard InChI is InChI=1S/C24H30N3O6P/c1-17(25)23(29)27-14-8-13-21(27)24(30)33-34(31,32)16-20(15-18-9-4-2-5-10-18)26-22(28)19-11-6-3-7-12-19/h2-7,9-12,17,20-21H,8,13-16,25H2,1H3,(H,26,28)(H,31,32)/t17-,20?,21-/m0/s1. The summed E-state index contributed by atoms with van der Waals surface area (Å²) < 4.78 is 18.0. The first kappa shape index (κ1) is 25.6. The Morgan fingerprint density at radius 2 is 1.76 bits per heavy atom. The Hall–Kier alpha value is -3.00. The number of nitrogens with one attached hydrogen (secondary N) is 1. The molecule has 0 bridgehead atoms. The Balaban J connectivity index is 1.72. The van der Waals surface area contributed by atoms with Crippen LogP contribution in [0.1, 0.15) is 35.7 Å². The maximum atomic E-state index is 12.9. The molecule has 1 heterocycles. The molecule has 0 radical (unpaired) electrons. The summed E-state index contributed by atoms with van der Waals surface area (Å²) in [4.78, 5) is 49.5. The van der Waals surface area contributed by atoms with Crippen molar-refractivity contribution in [3.63, 3.8) is 0 Å². The lowest BCUT2D eigenvalue weighted by Crippen LogP contribution is -2.47. The molecule has 0 spiro atoms. The van der Waals surface area contributed by atoms with Gasteiger partial charge in [-0.3, -0.25) is 9.59 Å². The third kappa shape index (κ3) is 7.00. The van der Waals surface area contributed by atoms with Crippen LogP contribution in [0.4, 0.5) is 0 Å². The molecule has 34 heavy (non-hydrogen) atoms. The summed E-state index contributed by atoms with van der Waals surface area (Å²) in [5, 5.41) is 2.78. The maximum Gasteiger partial charge on any atom is 0.380 e. The maximum absolute atomic E-state index is 12.9. The summed E-state index contributed by atoms with van der Waals surface area (Å²) in [6.45, 7) is 1.85. The summed E-state index contributed by atoms with van der Waals surface area (Å²) in [6, 6.07) is 15.1. The Kier molecular flexibility index (Phi) is 8.61. The molecule has 1 aliphatic heterocycles. The Labute approximate surface area is 198 Å². The number of nitrogens with two attached hydrogens (primary N) is 1. The van der Waals surface area contributed by atoms with E-state index < -0.39 is 49.7 Å². The molecular formula is C24H30N3O6P. The lowest BCUT2D eigenvalue weighted by molar-refractivity contribution is -0.146. The number of hydrogen-bond acceptors (Lipinski definition) is 6. The topological polar surface area (TPSA) is 139 Å². The summed E-state index contributed by atoms with van der Waals surface area (Å²) in [5.74, 6) is -1.76. The molecule has 1 fully saturated rings. The number of likely N-dealkylation sites (tertiary alicyclic amines) is 1. The molecule has 2 aromatic carbocycles. The van der Waals surface area contributed by atoms with Gasteiger partial charge in [0.15, 0.2) is 0 Å². The molecule has 4 atom stereocenters. The first-order valence-corrected chi connectivity index (χ1v) is 12.9. The van der Waals surface area contributed by atoms with Gasteiger partial charge in [-0.1, -0.05) is 48.5 Å². The van der Waals surface area contributed by atoms with Crippen LogP contribution < -0.4 is 11.1 Å². The van der Waals surface area contributed by atoms with Crippen LogP contribution in [-0.2, 0) is 25.1 Å². The van der Waals surface area contributed by atoms with Crippen molar-refractivity contribution in [2.24, 2.45) is 5.73 Å². The van der Waals surface area contributed by atoms with E-state index in [0.717, 1.165) is 5.56 Å². The third-order valence-corrected chi connectivity index (χ3v) is 6.94. The highest BCUT2D eigenvalue weighted by atomic mass is 31.2. The fraction of sp³-hybridized carbons (Fsp3) is 0.375.